The number of carbonyl (C=O) groups excluding carboxylic acids is 1. The van der Waals surface area contributed by atoms with E-state index in [4.69, 9.17) is 9.47 Å². The molecule has 2 rings (SSSR count). The third-order valence-electron chi connectivity index (χ3n) is 4.11. The van der Waals surface area contributed by atoms with Crippen LogP contribution in [0.15, 0.2) is 0 Å². The zero-order valence-electron chi connectivity index (χ0n) is 11.6. The molecule has 1 saturated heterocycles. The number of morpholine rings is 1. The van der Waals surface area contributed by atoms with E-state index >= 15 is 0 Å². The number of nitriles is 1. The van der Waals surface area contributed by atoms with E-state index in [1.807, 2.05) is 0 Å². The highest BCUT2D eigenvalue weighted by Crippen LogP contribution is 2.37. The van der Waals surface area contributed by atoms with Gasteiger partial charge in [-0.15, -0.1) is 0 Å². The van der Waals surface area contributed by atoms with Gasteiger partial charge in [0, 0.05) is 20.2 Å². The first-order valence-electron chi connectivity index (χ1n) is 7.03. The fourth-order valence-electron chi connectivity index (χ4n) is 3.02. The molecule has 1 aliphatic carbocycles. The first kappa shape index (κ1) is 14.3. The van der Waals surface area contributed by atoms with Crippen molar-refractivity contribution in [2.24, 2.45) is 5.41 Å². The molecule has 0 aromatic heterocycles. The highest BCUT2D eigenvalue weighted by molar-refractivity contribution is 5.85. The maximum Gasteiger partial charge on any atom is 0.243 e. The number of amides is 1. The molecule has 1 heterocycles. The summed E-state index contributed by atoms with van der Waals surface area (Å²) in [7, 11) is 1.63. The monoisotopic (exact) mass is 266 g/mol. The molecule has 1 atom stereocenters. The Morgan fingerprint density at radius 3 is 2.84 bits per heavy atom. The Bertz CT molecular complexity index is 356. The average Bonchev–Trinajstić information content (AvgIpc) is 2.48. The van der Waals surface area contributed by atoms with Gasteiger partial charge in [0.1, 0.15) is 5.41 Å². The van der Waals surface area contributed by atoms with Crippen LogP contribution < -0.4 is 0 Å². The standard InChI is InChI=1S/C14H22N2O3/c1-18-10-12-9-16(7-8-19-12)13(17)14(11-15)5-3-2-4-6-14/h12H,2-10H2,1H3. The van der Waals surface area contributed by atoms with E-state index in [0.717, 1.165) is 19.3 Å². The third kappa shape index (κ3) is 3.07. The quantitative estimate of drug-likeness (QED) is 0.773. The zero-order chi connectivity index (χ0) is 13.7. The SMILES string of the molecule is COCC1CN(C(=O)C2(C#N)CCCCC2)CCO1. The number of carbonyl (C=O) groups is 1. The Morgan fingerprint density at radius 2 is 2.21 bits per heavy atom. The summed E-state index contributed by atoms with van der Waals surface area (Å²) in [6, 6.07) is 2.30. The molecule has 0 aromatic rings. The van der Waals surface area contributed by atoms with Crippen molar-refractivity contribution in [2.45, 2.75) is 38.2 Å². The van der Waals surface area contributed by atoms with Crippen molar-refractivity contribution >= 4 is 5.91 Å². The maximum atomic E-state index is 12.7. The van der Waals surface area contributed by atoms with Crippen molar-refractivity contribution < 1.29 is 14.3 Å². The van der Waals surface area contributed by atoms with Crippen LogP contribution in [0.5, 0.6) is 0 Å². The summed E-state index contributed by atoms with van der Waals surface area (Å²) in [4.78, 5) is 14.5. The van der Waals surface area contributed by atoms with Gasteiger partial charge in [0.15, 0.2) is 0 Å². The lowest BCUT2D eigenvalue weighted by molar-refractivity contribution is -0.150. The van der Waals surface area contributed by atoms with Crippen molar-refractivity contribution in [3.63, 3.8) is 0 Å². The number of rotatable bonds is 3. The molecular weight excluding hydrogens is 244 g/mol. The molecule has 2 fully saturated rings. The number of ether oxygens (including phenoxy) is 2. The summed E-state index contributed by atoms with van der Waals surface area (Å²) in [5.74, 6) is -0.000830. The molecule has 1 aliphatic heterocycles. The second kappa shape index (κ2) is 6.36. The van der Waals surface area contributed by atoms with Crippen LogP contribution in [0.3, 0.4) is 0 Å². The summed E-state index contributed by atoms with van der Waals surface area (Å²) in [5, 5.41) is 9.46. The molecular formula is C14H22N2O3. The second-order valence-corrected chi connectivity index (χ2v) is 5.45. The molecule has 1 saturated carbocycles. The van der Waals surface area contributed by atoms with Gasteiger partial charge < -0.3 is 14.4 Å². The van der Waals surface area contributed by atoms with Crippen LogP contribution in [0.4, 0.5) is 0 Å². The van der Waals surface area contributed by atoms with Gasteiger partial charge >= 0.3 is 0 Å². The zero-order valence-corrected chi connectivity index (χ0v) is 11.6. The summed E-state index contributed by atoms with van der Waals surface area (Å²) in [6.45, 7) is 2.14. The van der Waals surface area contributed by atoms with Gasteiger partial charge in [-0.3, -0.25) is 4.79 Å². The molecule has 106 valence electrons. The summed E-state index contributed by atoms with van der Waals surface area (Å²) in [5.41, 5.74) is -0.785. The van der Waals surface area contributed by atoms with Crippen molar-refractivity contribution in [3.8, 4) is 6.07 Å². The van der Waals surface area contributed by atoms with Gasteiger partial charge in [0.25, 0.3) is 0 Å². The highest BCUT2D eigenvalue weighted by atomic mass is 16.5. The van der Waals surface area contributed by atoms with E-state index in [0.29, 0.717) is 39.1 Å². The lowest BCUT2D eigenvalue weighted by atomic mass is 9.74. The average molecular weight is 266 g/mol. The van der Waals surface area contributed by atoms with E-state index < -0.39 is 5.41 Å². The van der Waals surface area contributed by atoms with E-state index in [1.54, 1.807) is 12.0 Å². The van der Waals surface area contributed by atoms with Crippen LogP contribution in [-0.4, -0.2) is 50.3 Å². The maximum absolute atomic E-state index is 12.7. The van der Waals surface area contributed by atoms with Crippen LogP contribution >= 0.6 is 0 Å². The van der Waals surface area contributed by atoms with Crippen LogP contribution in [0.25, 0.3) is 0 Å². The van der Waals surface area contributed by atoms with Gasteiger partial charge in [0.2, 0.25) is 5.91 Å². The van der Waals surface area contributed by atoms with Crippen LogP contribution in [0.1, 0.15) is 32.1 Å². The second-order valence-electron chi connectivity index (χ2n) is 5.45. The Kier molecular flexibility index (Phi) is 4.78. The van der Waals surface area contributed by atoms with Crippen molar-refractivity contribution in [3.05, 3.63) is 0 Å². The number of methoxy groups -OCH3 is 1. The molecule has 2 aliphatic rings. The minimum atomic E-state index is -0.785. The normalized spacial score (nSPS) is 26.7. The van der Waals surface area contributed by atoms with Gasteiger partial charge in [-0.05, 0) is 12.8 Å². The predicted molar refractivity (Wildman–Crippen MR) is 69.3 cm³/mol. The summed E-state index contributed by atoms with van der Waals surface area (Å²) in [6.07, 6.45) is 4.42. The molecule has 0 N–H and O–H groups in total. The smallest absolute Gasteiger partial charge is 0.243 e. The van der Waals surface area contributed by atoms with Gasteiger partial charge in [0.05, 0.1) is 25.4 Å². The van der Waals surface area contributed by atoms with Crippen molar-refractivity contribution in [2.75, 3.05) is 33.4 Å². The van der Waals surface area contributed by atoms with Gasteiger partial charge in [-0.2, -0.15) is 5.26 Å². The minimum Gasteiger partial charge on any atom is -0.382 e. The van der Waals surface area contributed by atoms with E-state index in [1.165, 1.54) is 0 Å². The highest BCUT2D eigenvalue weighted by Gasteiger charge is 2.43. The van der Waals surface area contributed by atoms with Gasteiger partial charge in [-0.1, -0.05) is 19.3 Å². The summed E-state index contributed by atoms with van der Waals surface area (Å²) >= 11 is 0. The first-order valence-corrected chi connectivity index (χ1v) is 7.03. The fraction of sp³-hybridized carbons (Fsp3) is 0.857. The number of hydrogen-bond donors (Lipinski definition) is 0. The van der Waals surface area contributed by atoms with Crippen molar-refractivity contribution in [1.29, 1.82) is 5.26 Å². The minimum absolute atomic E-state index is 0.000830. The molecule has 1 amide bonds. The van der Waals surface area contributed by atoms with Crippen LogP contribution in [0.2, 0.25) is 0 Å². The molecule has 0 spiro atoms. The lowest BCUT2D eigenvalue weighted by Gasteiger charge is -2.38. The Labute approximate surface area is 114 Å². The fourth-order valence-corrected chi connectivity index (χ4v) is 3.02. The topological polar surface area (TPSA) is 62.6 Å². The Balaban J connectivity index is 2.03. The number of hydrogen-bond acceptors (Lipinski definition) is 4. The summed E-state index contributed by atoms with van der Waals surface area (Å²) < 4.78 is 10.6. The molecule has 5 heteroatoms. The molecule has 1 unspecified atom stereocenters. The molecule has 0 radical (unpaired) electrons. The Hall–Kier alpha value is -1.12. The third-order valence-corrected chi connectivity index (χ3v) is 4.11. The molecule has 19 heavy (non-hydrogen) atoms. The van der Waals surface area contributed by atoms with E-state index in [-0.39, 0.29) is 12.0 Å². The van der Waals surface area contributed by atoms with E-state index in [9.17, 15) is 10.1 Å². The van der Waals surface area contributed by atoms with Crippen LogP contribution in [0, 0.1) is 16.7 Å². The van der Waals surface area contributed by atoms with E-state index in [2.05, 4.69) is 6.07 Å². The largest absolute Gasteiger partial charge is 0.382 e. The lowest BCUT2D eigenvalue weighted by Crippen LogP contribution is -2.52. The molecule has 5 nitrogen and oxygen atoms in total. The van der Waals surface area contributed by atoms with Crippen molar-refractivity contribution in [1.82, 2.24) is 4.90 Å². The first-order chi connectivity index (χ1) is 9.22. The Morgan fingerprint density at radius 1 is 1.47 bits per heavy atom. The van der Waals surface area contributed by atoms with Gasteiger partial charge in [-0.25, -0.2) is 0 Å². The molecule has 0 aromatic carbocycles. The molecule has 0 bridgehead atoms. The number of nitrogens with zero attached hydrogens (tertiary/aromatic N) is 2. The predicted octanol–water partition coefficient (Wildman–Crippen LogP) is 1.33. The van der Waals surface area contributed by atoms with Crippen LogP contribution in [-0.2, 0) is 14.3 Å².